The summed E-state index contributed by atoms with van der Waals surface area (Å²) in [6.45, 7) is 3.59. The summed E-state index contributed by atoms with van der Waals surface area (Å²) in [7, 11) is 1.63. The van der Waals surface area contributed by atoms with E-state index >= 15 is 0 Å². The number of hydrogen-bond acceptors (Lipinski definition) is 5. The van der Waals surface area contributed by atoms with Crippen LogP contribution < -0.4 is 5.32 Å². The van der Waals surface area contributed by atoms with Crippen LogP contribution in [0.25, 0.3) is 0 Å². The van der Waals surface area contributed by atoms with Crippen LogP contribution in [0.1, 0.15) is 38.2 Å². The van der Waals surface area contributed by atoms with Crippen molar-refractivity contribution in [3.8, 4) is 12.3 Å². The van der Waals surface area contributed by atoms with Gasteiger partial charge >= 0.3 is 6.03 Å². The minimum absolute atomic E-state index is 0.0538. The third kappa shape index (κ3) is 6.65. The number of methoxy groups -OCH3 is 1. The normalized spacial score (nSPS) is 20.5. The number of amides is 4. The molecule has 0 saturated carbocycles. The summed E-state index contributed by atoms with van der Waals surface area (Å²) in [4.78, 5) is 43.7. The molecule has 0 radical (unpaired) electrons. The van der Waals surface area contributed by atoms with Crippen molar-refractivity contribution in [2.75, 3.05) is 39.9 Å². The van der Waals surface area contributed by atoms with Crippen molar-refractivity contribution in [1.82, 2.24) is 25.1 Å². The van der Waals surface area contributed by atoms with E-state index in [0.717, 1.165) is 18.4 Å². The average molecular weight is 496 g/mol. The summed E-state index contributed by atoms with van der Waals surface area (Å²) in [5.74, 6) is 2.29. The topological polar surface area (TPSA) is 85.4 Å². The molecule has 2 saturated heterocycles. The molecule has 194 valence electrons. The van der Waals surface area contributed by atoms with Gasteiger partial charge < -0.3 is 19.9 Å². The van der Waals surface area contributed by atoms with E-state index < -0.39 is 12.2 Å². The van der Waals surface area contributed by atoms with Crippen molar-refractivity contribution < 1.29 is 19.1 Å². The molecule has 9 nitrogen and oxygen atoms in total. The zero-order valence-corrected chi connectivity index (χ0v) is 21.3. The lowest BCUT2D eigenvalue weighted by Gasteiger charge is -2.55. The van der Waals surface area contributed by atoms with Crippen LogP contribution in [0.3, 0.4) is 0 Å². The highest BCUT2D eigenvalue weighted by molar-refractivity contribution is 5.91. The Labute approximate surface area is 214 Å². The second-order valence-electron chi connectivity index (χ2n) is 8.94. The number of nitrogens with zero attached hydrogens (tertiary/aromatic N) is 4. The molecule has 2 atom stereocenters. The van der Waals surface area contributed by atoms with Crippen LogP contribution in [0.4, 0.5) is 4.79 Å². The lowest BCUT2D eigenvalue weighted by Crippen LogP contribution is -2.76. The van der Waals surface area contributed by atoms with Crippen molar-refractivity contribution in [2.24, 2.45) is 0 Å². The molecule has 0 bridgehead atoms. The molecule has 0 spiro atoms. The Kier molecular flexibility index (Phi) is 10.3. The van der Waals surface area contributed by atoms with Gasteiger partial charge in [0.25, 0.3) is 0 Å². The summed E-state index contributed by atoms with van der Waals surface area (Å²) < 4.78 is 5.18. The fourth-order valence-electron chi connectivity index (χ4n) is 4.77. The van der Waals surface area contributed by atoms with Gasteiger partial charge in [0.2, 0.25) is 11.8 Å². The van der Waals surface area contributed by atoms with Crippen LogP contribution in [0, 0.1) is 12.3 Å². The van der Waals surface area contributed by atoms with Gasteiger partial charge in [-0.05, 0) is 38.2 Å². The lowest BCUT2D eigenvalue weighted by atomic mass is 10.0. The number of fused-ring (bicyclic) bond motifs is 1. The first-order valence-electron chi connectivity index (χ1n) is 12.5. The maximum absolute atomic E-state index is 13.5. The number of unbranched alkanes of at least 4 members (excludes halogenated alkanes) is 1. The molecule has 9 heteroatoms. The maximum Gasteiger partial charge on any atom is 0.334 e. The number of ether oxygens (including phenoxy) is 1. The first kappa shape index (κ1) is 27.2. The molecule has 0 aromatic heterocycles. The highest BCUT2D eigenvalue weighted by Crippen LogP contribution is 2.29. The molecule has 2 fully saturated rings. The van der Waals surface area contributed by atoms with E-state index in [1.165, 1.54) is 0 Å². The molecule has 36 heavy (non-hydrogen) atoms. The Bertz CT molecular complexity index is 961. The summed E-state index contributed by atoms with van der Waals surface area (Å²) >= 11 is 0. The SMILES string of the molecule is C#CCN1CC(=O)N2[C@@H](CCCC=CC)C(=O)N(CCCOC)C[C@@H]2N1C(=O)NCc1ccccc1. The molecule has 1 N–H and O–H groups in total. The fraction of sp³-hybridized carbons (Fsp3) is 0.519. The monoisotopic (exact) mass is 495 g/mol. The lowest BCUT2D eigenvalue weighted by molar-refractivity contribution is -0.189. The van der Waals surface area contributed by atoms with E-state index in [1.54, 1.807) is 26.9 Å². The average Bonchev–Trinajstić information content (AvgIpc) is 2.88. The standard InChI is InChI=1S/C27H37N5O4/c1-4-6-7-11-15-23-26(34)29(17-12-18-36-3)20-24-31(23)25(33)21-30(16-5-2)32(24)27(35)28-19-22-13-9-8-10-14-22/h2,4,6,8-10,13-14,23-24H,7,11-12,15-21H2,1,3H3,(H,28,35)/t23-,24-/m0/s1. The van der Waals surface area contributed by atoms with Crippen LogP contribution >= 0.6 is 0 Å². The molecule has 2 heterocycles. The van der Waals surface area contributed by atoms with Gasteiger partial charge in [0.05, 0.1) is 19.6 Å². The highest BCUT2D eigenvalue weighted by Gasteiger charge is 2.50. The quantitative estimate of drug-likeness (QED) is 0.289. The van der Waals surface area contributed by atoms with Gasteiger partial charge in [0.1, 0.15) is 12.2 Å². The smallest absolute Gasteiger partial charge is 0.334 e. The van der Waals surface area contributed by atoms with E-state index in [9.17, 15) is 14.4 Å². The highest BCUT2D eigenvalue weighted by atomic mass is 16.5. The van der Waals surface area contributed by atoms with Crippen molar-refractivity contribution in [3.63, 3.8) is 0 Å². The molecular formula is C27H37N5O4. The summed E-state index contributed by atoms with van der Waals surface area (Å²) in [6, 6.07) is 8.64. The van der Waals surface area contributed by atoms with Gasteiger partial charge in [0, 0.05) is 26.8 Å². The largest absolute Gasteiger partial charge is 0.385 e. The number of nitrogens with one attached hydrogen (secondary N) is 1. The maximum atomic E-state index is 13.5. The zero-order chi connectivity index (χ0) is 25.9. The predicted molar refractivity (Wildman–Crippen MR) is 137 cm³/mol. The number of piperazine rings is 1. The van der Waals surface area contributed by atoms with E-state index in [2.05, 4.69) is 17.3 Å². The second-order valence-corrected chi connectivity index (χ2v) is 8.94. The first-order valence-corrected chi connectivity index (χ1v) is 12.5. The van der Waals surface area contributed by atoms with E-state index in [4.69, 9.17) is 11.2 Å². The molecule has 2 aliphatic heterocycles. The first-order chi connectivity index (χ1) is 17.5. The molecule has 2 aliphatic rings. The van der Waals surface area contributed by atoms with Crippen molar-refractivity contribution in [2.45, 2.75) is 51.4 Å². The Morgan fingerprint density at radius 3 is 2.72 bits per heavy atom. The number of benzene rings is 1. The molecule has 3 rings (SSSR count). The Hall–Kier alpha value is -3.35. The van der Waals surface area contributed by atoms with Gasteiger partial charge in [-0.1, -0.05) is 48.4 Å². The third-order valence-corrected chi connectivity index (χ3v) is 6.46. The number of terminal acetylenes is 1. The molecule has 4 amide bonds. The van der Waals surface area contributed by atoms with Crippen molar-refractivity contribution in [3.05, 3.63) is 48.0 Å². The van der Waals surface area contributed by atoms with Gasteiger partial charge in [-0.15, -0.1) is 6.42 Å². The Morgan fingerprint density at radius 1 is 1.25 bits per heavy atom. The van der Waals surface area contributed by atoms with Crippen LogP contribution in [0.2, 0.25) is 0 Å². The third-order valence-electron chi connectivity index (χ3n) is 6.46. The van der Waals surface area contributed by atoms with Crippen molar-refractivity contribution >= 4 is 17.8 Å². The van der Waals surface area contributed by atoms with E-state index in [1.807, 2.05) is 43.3 Å². The number of carbonyl (C=O) groups excluding carboxylic acids is 3. The second kappa shape index (κ2) is 13.7. The zero-order valence-electron chi connectivity index (χ0n) is 21.3. The number of carbonyl (C=O) groups is 3. The summed E-state index contributed by atoms with van der Waals surface area (Å²) in [5.41, 5.74) is 0.959. The Morgan fingerprint density at radius 2 is 2.03 bits per heavy atom. The number of hydrogen-bond donors (Lipinski definition) is 1. The van der Waals surface area contributed by atoms with Crippen molar-refractivity contribution in [1.29, 1.82) is 0 Å². The molecular weight excluding hydrogens is 458 g/mol. The summed E-state index contributed by atoms with van der Waals surface area (Å²) in [6.07, 6.45) is 11.8. The number of urea groups is 1. The van der Waals surface area contributed by atoms with E-state index in [-0.39, 0.29) is 37.5 Å². The Balaban J connectivity index is 1.87. The molecule has 1 aromatic rings. The van der Waals surface area contributed by atoms with Gasteiger partial charge in [-0.2, -0.15) is 5.01 Å². The van der Waals surface area contributed by atoms with Gasteiger partial charge in [0.15, 0.2) is 0 Å². The van der Waals surface area contributed by atoms with Gasteiger partial charge in [-0.3, -0.25) is 9.59 Å². The predicted octanol–water partition coefficient (Wildman–Crippen LogP) is 2.21. The van der Waals surface area contributed by atoms with Crippen LogP contribution in [0.15, 0.2) is 42.5 Å². The van der Waals surface area contributed by atoms with Crippen LogP contribution in [-0.4, -0.2) is 89.8 Å². The van der Waals surface area contributed by atoms with E-state index in [0.29, 0.717) is 32.5 Å². The molecule has 1 aromatic carbocycles. The number of rotatable bonds is 11. The van der Waals surface area contributed by atoms with Gasteiger partial charge in [-0.25, -0.2) is 9.80 Å². The van der Waals surface area contributed by atoms with Crippen LogP contribution in [-0.2, 0) is 20.9 Å². The fourth-order valence-corrected chi connectivity index (χ4v) is 4.77. The summed E-state index contributed by atoms with van der Waals surface area (Å²) in [5, 5.41) is 6.11. The van der Waals surface area contributed by atoms with Crippen LogP contribution in [0.5, 0.6) is 0 Å². The number of allylic oxidation sites excluding steroid dienone is 2. The minimum atomic E-state index is -0.637. The molecule has 0 aliphatic carbocycles. The number of hydrazine groups is 1. The molecule has 0 unspecified atom stereocenters. The minimum Gasteiger partial charge on any atom is -0.385 e.